The fraction of sp³-hybridized carbons (Fsp3) is 0.636. The number of ether oxygens (including phenoxy) is 3. The van der Waals surface area contributed by atoms with E-state index in [-0.39, 0.29) is 42.1 Å². The minimum absolute atomic E-state index is 0. The Hall–Kier alpha value is -1.75. The van der Waals surface area contributed by atoms with Crippen LogP contribution in [0.4, 0.5) is 0 Å². The summed E-state index contributed by atoms with van der Waals surface area (Å²) < 4.78 is 17.1. The summed E-state index contributed by atoms with van der Waals surface area (Å²) in [5, 5.41) is 3.44. The number of fused-ring (bicyclic) bond motifs is 1. The molecule has 0 aliphatic carbocycles. The summed E-state index contributed by atoms with van der Waals surface area (Å²) >= 11 is 0. The van der Waals surface area contributed by atoms with Gasteiger partial charge in [-0.1, -0.05) is 0 Å². The predicted molar refractivity (Wildman–Crippen MR) is 130 cm³/mol. The molecule has 1 amide bonds. The van der Waals surface area contributed by atoms with Crippen LogP contribution in [0.3, 0.4) is 0 Å². The number of nitrogens with one attached hydrogen (secondary N) is 1. The number of carbonyl (C=O) groups excluding carboxylic acids is 1. The van der Waals surface area contributed by atoms with Gasteiger partial charge in [-0.15, -0.1) is 24.0 Å². The molecule has 0 saturated carbocycles. The number of amides is 1. The van der Waals surface area contributed by atoms with Gasteiger partial charge in [0.2, 0.25) is 0 Å². The van der Waals surface area contributed by atoms with Crippen molar-refractivity contribution in [3.63, 3.8) is 0 Å². The Labute approximate surface area is 201 Å². The van der Waals surface area contributed by atoms with E-state index in [4.69, 9.17) is 14.2 Å². The minimum atomic E-state index is -0.244. The lowest BCUT2D eigenvalue weighted by Gasteiger charge is -2.37. The van der Waals surface area contributed by atoms with Crippen LogP contribution in [-0.2, 0) is 22.5 Å². The van der Waals surface area contributed by atoms with Crippen molar-refractivity contribution in [1.82, 2.24) is 15.1 Å². The first kappa shape index (κ1) is 23.9. The normalized spacial score (nSPS) is 23.1. The second-order valence-electron chi connectivity index (χ2n) is 8.12. The van der Waals surface area contributed by atoms with E-state index in [9.17, 15) is 4.79 Å². The number of hydrogen-bond acceptors (Lipinski definition) is 5. The summed E-state index contributed by atoms with van der Waals surface area (Å²) in [6.07, 6.45) is 2.69. The molecule has 3 heterocycles. The molecule has 1 aromatic rings. The number of methoxy groups -OCH3 is 1. The monoisotopic (exact) mass is 544 g/mol. The Morgan fingerprint density at radius 1 is 1.26 bits per heavy atom. The molecule has 2 atom stereocenters. The summed E-state index contributed by atoms with van der Waals surface area (Å²) in [4.78, 5) is 21.1. The highest BCUT2D eigenvalue weighted by atomic mass is 127. The number of nitrogens with zero attached hydrogens (tertiary/aromatic N) is 3. The Morgan fingerprint density at radius 3 is 2.65 bits per heavy atom. The van der Waals surface area contributed by atoms with Crippen LogP contribution in [0.2, 0.25) is 0 Å². The van der Waals surface area contributed by atoms with Crippen molar-refractivity contribution >= 4 is 35.8 Å². The first-order valence-electron chi connectivity index (χ1n) is 10.8. The molecule has 2 unspecified atom stereocenters. The van der Waals surface area contributed by atoms with Gasteiger partial charge in [0, 0.05) is 63.9 Å². The average Bonchev–Trinajstić information content (AvgIpc) is 3.42. The number of piperazine rings is 1. The maximum atomic E-state index is 12.6. The first-order chi connectivity index (χ1) is 14.6. The van der Waals surface area contributed by atoms with Gasteiger partial charge in [0.15, 0.2) is 5.96 Å². The van der Waals surface area contributed by atoms with E-state index in [1.807, 2.05) is 4.90 Å². The van der Waals surface area contributed by atoms with Gasteiger partial charge in [0.25, 0.3) is 5.91 Å². The fourth-order valence-electron chi connectivity index (χ4n) is 4.43. The van der Waals surface area contributed by atoms with E-state index in [1.54, 1.807) is 14.2 Å². The van der Waals surface area contributed by atoms with Crippen LogP contribution in [0.1, 0.15) is 30.9 Å². The molecule has 31 heavy (non-hydrogen) atoms. The highest BCUT2D eigenvalue weighted by Crippen LogP contribution is 2.35. The molecule has 1 aromatic carbocycles. The lowest BCUT2D eigenvalue weighted by Crippen LogP contribution is -2.55. The zero-order valence-electron chi connectivity index (χ0n) is 18.6. The predicted octanol–water partition coefficient (Wildman–Crippen LogP) is 2.04. The summed E-state index contributed by atoms with van der Waals surface area (Å²) in [6, 6.07) is 4.14. The molecular formula is C22H33IN4O4. The third-order valence-electron chi connectivity index (χ3n) is 6.04. The largest absolute Gasteiger partial charge is 0.496 e. The smallest absolute Gasteiger partial charge is 0.251 e. The molecule has 3 aliphatic heterocycles. The Bertz CT molecular complexity index is 805. The molecule has 2 saturated heterocycles. The lowest BCUT2D eigenvalue weighted by atomic mass is 10.1. The number of rotatable bonds is 4. The van der Waals surface area contributed by atoms with Crippen LogP contribution in [0.15, 0.2) is 17.1 Å². The summed E-state index contributed by atoms with van der Waals surface area (Å²) in [5.41, 5.74) is 2.23. The summed E-state index contributed by atoms with van der Waals surface area (Å²) in [7, 11) is 3.49. The van der Waals surface area contributed by atoms with Crippen molar-refractivity contribution in [2.24, 2.45) is 4.99 Å². The van der Waals surface area contributed by atoms with Gasteiger partial charge in [0.1, 0.15) is 23.7 Å². The number of hydrogen-bond donors (Lipinski definition) is 1. The third-order valence-corrected chi connectivity index (χ3v) is 6.04. The maximum absolute atomic E-state index is 12.6. The van der Waals surface area contributed by atoms with Gasteiger partial charge < -0.3 is 29.3 Å². The van der Waals surface area contributed by atoms with Crippen LogP contribution in [0.5, 0.6) is 11.5 Å². The molecule has 0 aromatic heterocycles. The van der Waals surface area contributed by atoms with Crippen molar-refractivity contribution in [2.75, 3.05) is 46.9 Å². The number of halogens is 1. The average molecular weight is 544 g/mol. The molecule has 0 radical (unpaired) electrons. The lowest BCUT2D eigenvalue weighted by molar-refractivity contribution is -0.142. The molecule has 1 N–H and O–H groups in total. The van der Waals surface area contributed by atoms with E-state index < -0.39 is 0 Å². The number of guanidine groups is 1. The maximum Gasteiger partial charge on any atom is 0.251 e. The van der Waals surface area contributed by atoms with Crippen LogP contribution in [0, 0.1) is 0 Å². The van der Waals surface area contributed by atoms with Crippen molar-refractivity contribution < 1.29 is 19.0 Å². The molecule has 4 rings (SSSR count). The van der Waals surface area contributed by atoms with Crippen LogP contribution in [0.25, 0.3) is 0 Å². The van der Waals surface area contributed by atoms with Crippen LogP contribution in [-0.4, -0.2) is 80.8 Å². The zero-order chi connectivity index (χ0) is 21.1. The minimum Gasteiger partial charge on any atom is -0.496 e. The third kappa shape index (κ3) is 5.36. The Morgan fingerprint density at radius 2 is 2.00 bits per heavy atom. The number of aliphatic imine (C=N–C) groups is 1. The topological polar surface area (TPSA) is 75.6 Å². The molecular weight excluding hydrogens is 511 g/mol. The van der Waals surface area contributed by atoms with Gasteiger partial charge >= 0.3 is 0 Å². The van der Waals surface area contributed by atoms with Crippen molar-refractivity contribution in [1.29, 1.82) is 0 Å². The van der Waals surface area contributed by atoms with Crippen molar-refractivity contribution in [3.8, 4) is 11.5 Å². The van der Waals surface area contributed by atoms with Gasteiger partial charge in [0.05, 0.1) is 7.11 Å². The SMILES string of the molecule is CN=C(NCc1cc2c(cc1OC)CC(C)O2)N1CCN(C(=O)C2CCCO2)CC1.I. The van der Waals surface area contributed by atoms with Crippen molar-refractivity contribution in [2.45, 2.75) is 44.9 Å². The standard InChI is InChI=1S/C22H32N4O4.HI/c1-15-11-16-12-19(28-3)17(13-20(16)30-15)14-24-22(23-2)26-8-6-25(7-9-26)21(27)18-5-4-10-29-18;/h12-13,15,18H,4-11,14H2,1-3H3,(H,23,24);1H. The van der Waals surface area contributed by atoms with Gasteiger partial charge in [-0.3, -0.25) is 9.79 Å². The molecule has 2 fully saturated rings. The summed E-state index contributed by atoms with van der Waals surface area (Å²) in [6.45, 7) is 6.25. The van der Waals surface area contributed by atoms with Crippen LogP contribution >= 0.6 is 24.0 Å². The van der Waals surface area contributed by atoms with E-state index in [0.717, 1.165) is 55.4 Å². The second kappa shape index (κ2) is 10.7. The summed E-state index contributed by atoms with van der Waals surface area (Å²) in [5.74, 6) is 2.76. The van der Waals surface area contributed by atoms with Gasteiger partial charge in [-0.05, 0) is 31.9 Å². The molecule has 9 heteroatoms. The molecule has 8 nitrogen and oxygen atoms in total. The molecule has 172 valence electrons. The van der Waals surface area contributed by atoms with Crippen molar-refractivity contribution in [3.05, 3.63) is 23.3 Å². The quantitative estimate of drug-likeness (QED) is 0.356. The van der Waals surface area contributed by atoms with E-state index in [1.165, 1.54) is 5.56 Å². The fourth-order valence-corrected chi connectivity index (χ4v) is 4.43. The Balaban J connectivity index is 0.00000272. The number of benzene rings is 1. The number of carbonyl (C=O) groups is 1. The molecule has 3 aliphatic rings. The van der Waals surface area contributed by atoms with E-state index >= 15 is 0 Å². The first-order valence-corrected chi connectivity index (χ1v) is 10.8. The Kier molecular flexibility index (Phi) is 8.26. The molecule has 0 bridgehead atoms. The zero-order valence-corrected chi connectivity index (χ0v) is 20.9. The van der Waals surface area contributed by atoms with E-state index in [2.05, 4.69) is 34.3 Å². The van der Waals surface area contributed by atoms with E-state index in [0.29, 0.717) is 26.2 Å². The van der Waals surface area contributed by atoms with Crippen LogP contribution < -0.4 is 14.8 Å². The highest BCUT2D eigenvalue weighted by Gasteiger charge is 2.31. The highest BCUT2D eigenvalue weighted by molar-refractivity contribution is 14.0. The van der Waals surface area contributed by atoms with Gasteiger partial charge in [-0.2, -0.15) is 0 Å². The van der Waals surface area contributed by atoms with Gasteiger partial charge in [-0.25, -0.2) is 0 Å². The second-order valence-corrected chi connectivity index (χ2v) is 8.12. The molecule has 0 spiro atoms.